The van der Waals surface area contributed by atoms with E-state index in [4.69, 9.17) is 9.72 Å². The summed E-state index contributed by atoms with van der Waals surface area (Å²) in [6.45, 7) is 1.18. The van der Waals surface area contributed by atoms with Crippen LogP contribution in [-0.4, -0.2) is 56.0 Å². The number of fused-ring (bicyclic) bond motifs is 1. The molecule has 2 aromatic carbocycles. The summed E-state index contributed by atoms with van der Waals surface area (Å²) in [4.78, 5) is 19.5. The first-order valence-electron chi connectivity index (χ1n) is 11.7. The molecule has 2 aliphatic heterocycles. The van der Waals surface area contributed by atoms with E-state index < -0.39 is 32.5 Å². The molecule has 0 radical (unpaired) electrons. The fourth-order valence-corrected chi connectivity index (χ4v) is 7.69. The van der Waals surface area contributed by atoms with Gasteiger partial charge in [-0.25, -0.2) is 22.2 Å². The number of anilines is 1. The first-order valence-corrected chi connectivity index (χ1v) is 14.7. The molecule has 5 rings (SSSR count). The predicted octanol–water partition coefficient (Wildman–Crippen LogP) is 4.95. The summed E-state index contributed by atoms with van der Waals surface area (Å²) in [7, 11) is -4.14. The van der Waals surface area contributed by atoms with Crippen molar-refractivity contribution in [2.45, 2.75) is 36.7 Å². The summed E-state index contributed by atoms with van der Waals surface area (Å²) in [6.07, 6.45) is 2.31. The highest BCUT2D eigenvalue weighted by molar-refractivity contribution is 9.10. The van der Waals surface area contributed by atoms with E-state index in [1.165, 1.54) is 11.3 Å². The normalized spacial score (nSPS) is 19.7. The molecule has 36 heavy (non-hydrogen) atoms. The average molecular weight is 601 g/mol. The van der Waals surface area contributed by atoms with Crippen molar-refractivity contribution in [1.82, 2.24) is 9.29 Å². The van der Waals surface area contributed by atoms with Gasteiger partial charge in [0.1, 0.15) is 16.5 Å². The van der Waals surface area contributed by atoms with Crippen molar-refractivity contribution in [3.8, 4) is 0 Å². The van der Waals surface area contributed by atoms with E-state index in [2.05, 4.69) is 15.9 Å². The van der Waals surface area contributed by atoms with Crippen molar-refractivity contribution >= 4 is 58.5 Å². The van der Waals surface area contributed by atoms with Gasteiger partial charge in [0.25, 0.3) is 0 Å². The molecule has 2 saturated heterocycles. The van der Waals surface area contributed by atoms with Gasteiger partial charge in [0, 0.05) is 36.2 Å². The van der Waals surface area contributed by atoms with Gasteiger partial charge >= 0.3 is 0 Å². The predicted molar refractivity (Wildman–Crippen MR) is 136 cm³/mol. The van der Waals surface area contributed by atoms with Crippen LogP contribution in [0, 0.1) is 17.6 Å². The van der Waals surface area contributed by atoms with E-state index >= 15 is 0 Å². The van der Waals surface area contributed by atoms with Crippen molar-refractivity contribution < 1.29 is 26.7 Å². The number of benzene rings is 2. The SMILES string of the molecule is O=C(C1CCN(S(=O)(=O)c2ccc(F)cc2F)CC1)N(CC1CCCO1)c1nc2ccc(Br)cc2s1. The van der Waals surface area contributed by atoms with Crippen LogP contribution in [0.1, 0.15) is 25.7 Å². The molecule has 12 heteroatoms. The molecule has 0 N–H and O–H groups in total. The van der Waals surface area contributed by atoms with Gasteiger partial charge in [-0.1, -0.05) is 27.3 Å². The summed E-state index contributed by atoms with van der Waals surface area (Å²) in [5.74, 6) is -2.49. The molecule has 1 atom stereocenters. The number of amides is 1. The van der Waals surface area contributed by atoms with Crippen molar-refractivity contribution in [2.24, 2.45) is 5.92 Å². The first kappa shape index (κ1) is 25.7. The van der Waals surface area contributed by atoms with Gasteiger partial charge in [-0.2, -0.15) is 4.31 Å². The number of halogens is 3. The Balaban J connectivity index is 1.34. The summed E-state index contributed by atoms with van der Waals surface area (Å²) in [5, 5.41) is 0.590. The topological polar surface area (TPSA) is 79.8 Å². The van der Waals surface area contributed by atoms with E-state index in [9.17, 15) is 22.0 Å². The van der Waals surface area contributed by atoms with Crippen molar-refractivity contribution in [2.75, 3.05) is 31.1 Å². The maximum atomic E-state index is 14.2. The van der Waals surface area contributed by atoms with Crippen LogP contribution in [0.25, 0.3) is 10.2 Å². The Hall–Kier alpha value is -1.99. The van der Waals surface area contributed by atoms with Crippen LogP contribution in [-0.2, 0) is 19.6 Å². The quantitative estimate of drug-likeness (QED) is 0.400. The molecule has 2 aliphatic rings. The van der Waals surface area contributed by atoms with Gasteiger partial charge in [0.05, 0.1) is 22.9 Å². The largest absolute Gasteiger partial charge is 0.376 e. The van der Waals surface area contributed by atoms with Gasteiger partial charge in [-0.05, 0) is 56.0 Å². The highest BCUT2D eigenvalue weighted by atomic mass is 79.9. The average Bonchev–Trinajstić information content (AvgIpc) is 3.51. The molecule has 1 unspecified atom stereocenters. The third-order valence-corrected chi connectivity index (χ3v) is 10.0. The molecule has 0 saturated carbocycles. The Labute approximate surface area is 220 Å². The van der Waals surface area contributed by atoms with Gasteiger partial charge in [-0.15, -0.1) is 0 Å². The number of thiazole rings is 1. The molecule has 0 bridgehead atoms. The van der Waals surface area contributed by atoms with Crippen molar-refractivity contribution in [3.63, 3.8) is 0 Å². The van der Waals surface area contributed by atoms with Gasteiger partial charge in [-0.3, -0.25) is 9.69 Å². The lowest BCUT2D eigenvalue weighted by atomic mass is 9.96. The molecular weight excluding hydrogens is 576 g/mol. The minimum absolute atomic E-state index is 0.0656. The maximum absolute atomic E-state index is 14.2. The van der Waals surface area contributed by atoms with Gasteiger partial charge in [0.15, 0.2) is 5.13 Å². The Morgan fingerprint density at radius 3 is 2.64 bits per heavy atom. The van der Waals surface area contributed by atoms with Crippen LogP contribution >= 0.6 is 27.3 Å². The number of aromatic nitrogens is 1. The number of hydrogen-bond donors (Lipinski definition) is 0. The third kappa shape index (κ3) is 5.19. The number of hydrogen-bond acceptors (Lipinski definition) is 6. The van der Waals surface area contributed by atoms with Crippen LogP contribution in [0.4, 0.5) is 13.9 Å². The van der Waals surface area contributed by atoms with E-state index in [0.717, 1.165) is 44.0 Å². The Bertz CT molecular complexity index is 1390. The van der Waals surface area contributed by atoms with Crippen LogP contribution in [0.2, 0.25) is 0 Å². The fourth-order valence-electron chi connectivity index (χ4n) is 4.64. The molecule has 0 spiro atoms. The number of carbonyl (C=O) groups excluding carboxylic acids is 1. The zero-order chi connectivity index (χ0) is 25.4. The summed E-state index contributed by atoms with van der Waals surface area (Å²) >= 11 is 4.90. The minimum Gasteiger partial charge on any atom is -0.376 e. The monoisotopic (exact) mass is 599 g/mol. The molecule has 0 aliphatic carbocycles. The lowest BCUT2D eigenvalue weighted by Crippen LogP contribution is -2.46. The Morgan fingerprint density at radius 2 is 1.94 bits per heavy atom. The molecule has 7 nitrogen and oxygen atoms in total. The number of sulfonamides is 1. The zero-order valence-electron chi connectivity index (χ0n) is 19.2. The van der Waals surface area contributed by atoms with Crippen molar-refractivity contribution in [1.29, 1.82) is 0 Å². The summed E-state index contributed by atoms with van der Waals surface area (Å²) in [5.41, 5.74) is 0.797. The van der Waals surface area contributed by atoms with Crippen LogP contribution < -0.4 is 4.90 Å². The lowest BCUT2D eigenvalue weighted by molar-refractivity contribution is -0.123. The van der Waals surface area contributed by atoms with E-state index in [-0.39, 0.29) is 25.1 Å². The van der Waals surface area contributed by atoms with Crippen LogP contribution in [0.15, 0.2) is 45.8 Å². The molecular formula is C24H24BrF2N3O4S2. The van der Waals surface area contributed by atoms with Gasteiger partial charge in [0.2, 0.25) is 15.9 Å². The smallest absolute Gasteiger partial charge is 0.245 e. The number of rotatable bonds is 6. The zero-order valence-corrected chi connectivity index (χ0v) is 22.4. The Morgan fingerprint density at radius 1 is 1.17 bits per heavy atom. The molecule has 1 amide bonds. The number of carbonyl (C=O) groups is 1. The maximum Gasteiger partial charge on any atom is 0.245 e. The number of piperidine rings is 1. The van der Waals surface area contributed by atoms with Crippen LogP contribution in [0.5, 0.6) is 0 Å². The van der Waals surface area contributed by atoms with E-state index in [0.29, 0.717) is 37.2 Å². The first-order chi connectivity index (χ1) is 17.2. The second-order valence-electron chi connectivity index (χ2n) is 8.95. The van der Waals surface area contributed by atoms with E-state index in [1.54, 1.807) is 4.90 Å². The minimum atomic E-state index is -4.14. The second kappa shape index (κ2) is 10.4. The number of ether oxygens (including phenoxy) is 1. The molecule has 2 fully saturated rings. The number of nitrogens with zero attached hydrogens (tertiary/aromatic N) is 3. The third-order valence-electron chi connectivity index (χ3n) is 6.56. The Kier molecular flexibility index (Phi) is 7.42. The molecule has 3 aromatic rings. The van der Waals surface area contributed by atoms with Crippen molar-refractivity contribution in [3.05, 3.63) is 52.5 Å². The standard InChI is InChI=1S/C24H24BrF2N3O4S2/c25-16-3-5-20-21(12-16)35-24(28-20)30(14-18-2-1-11-34-18)23(31)15-7-9-29(10-8-15)36(32,33)22-6-4-17(26)13-19(22)27/h3-6,12-13,15,18H,1-2,7-11,14H2. The lowest BCUT2D eigenvalue weighted by Gasteiger charge is -2.33. The molecule has 192 valence electrons. The highest BCUT2D eigenvalue weighted by Gasteiger charge is 2.37. The molecule has 3 heterocycles. The molecule has 1 aromatic heterocycles. The highest BCUT2D eigenvalue weighted by Crippen LogP contribution is 2.34. The van der Waals surface area contributed by atoms with E-state index in [1.807, 2.05) is 18.2 Å². The summed E-state index contributed by atoms with van der Waals surface area (Å²) in [6, 6.07) is 8.17. The fraction of sp³-hybridized carbons (Fsp3) is 0.417. The second-order valence-corrected chi connectivity index (χ2v) is 12.8. The van der Waals surface area contributed by atoms with Crippen LogP contribution in [0.3, 0.4) is 0 Å². The van der Waals surface area contributed by atoms with Gasteiger partial charge < -0.3 is 4.74 Å². The summed E-state index contributed by atoms with van der Waals surface area (Å²) < 4.78 is 62.2.